The Kier molecular flexibility index (Phi) is 43.0. The molecule has 0 heterocycles. The molecule has 2 unspecified atom stereocenters. The Morgan fingerprint density at radius 1 is 0.553 bits per heavy atom. The van der Waals surface area contributed by atoms with Gasteiger partial charge in [0.25, 0.3) is 0 Å². The van der Waals surface area contributed by atoms with Crippen molar-refractivity contribution in [1.29, 1.82) is 0 Å². The van der Waals surface area contributed by atoms with E-state index in [0.717, 1.165) is 65.4 Å². The molecule has 0 aromatic carbocycles. The third kappa shape index (κ3) is 45.8. The van der Waals surface area contributed by atoms with Crippen molar-refractivity contribution in [3.63, 3.8) is 0 Å². The van der Waals surface area contributed by atoms with Gasteiger partial charge in [-0.1, -0.05) is 111 Å². The summed E-state index contributed by atoms with van der Waals surface area (Å²) >= 11 is 0. The van der Waals surface area contributed by atoms with Gasteiger partial charge in [0.15, 0.2) is 0 Å². The number of hydrogen-bond donors (Lipinski definition) is 0. The summed E-state index contributed by atoms with van der Waals surface area (Å²) in [4.78, 5) is 20.1. The van der Waals surface area contributed by atoms with E-state index >= 15 is 0 Å². The van der Waals surface area contributed by atoms with Gasteiger partial charge >= 0.3 is 0 Å². The Morgan fingerprint density at radius 3 is 1.30 bits per heavy atom. The van der Waals surface area contributed by atoms with Crippen LogP contribution in [0.25, 0.3) is 16.0 Å². The topological polar surface area (TPSA) is 89.1 Å². The second-order valence-electron chi connectivity index (χ2n) is 14.1. The van der Waals surface area contributed by atoms with E-state index in [1.54, 1.807) is 19.0 Å². The van der Waals surface area contributed by atoms with Crippen LogP contribution in [0.1, 0.15) is 118 Å². The first-order chi connectivity index (χ1) is 20.3. The largest absolute Gasteiger partial charge is 0.471 e. The quantitative estimate of drug-likeness (QED) is 0.0794. The molecular weight excluding hydrogens is 723 g/mol. The van der Waals surface area contributed by atoms with Crippen LogP contribution in [0.15, 0.2) is 15.0 Å². The van der Waals surface area contributed by atoms with Crippen molar-refractivity contribution in [2.45, 2.75) is 146 Å². The predicted molar refractivity (Wildman–Crippen MR) is 202 cm³/mol. The summed E-state index contributed by atoms with van der Waals surface area (Å²) in [6, 6.07) is 0.836. The average Bonchev–Trinajstić information content (AvgIpc) is 2.91. The van der Waals surface area contributed by atoms with E-state index in [1.807, 2.05) is 0 Å². The third-order valence-electron chi connectivity index (χ3n) is 6.48. The number of rotatable bonds is 18. The maximum Gasteiger partial charge on any atom is 0.00597 e. The van der Waals surface area contributed by atoms with Gasteiger partial charge in [0.2, 0.25) is 0 Å². The van der Waals surface area contributed by atoms with Crippen LogP contribution in [0.4, 0.5) is 0 Å². The molecule has 0 saturated heterocycles. The van der Waals surface area contributed by atoms with E-state index in [-0.39, 0.29) is 67.0 Å². The molecule has 0 aliphatic carbocycles. The van der Waals surface area contributed by atoms with Crippen molar-refractivity contribution < 1.29 is 50.3 Å². The van der Waals surface area contributed by atoms with Gasteiger partial charge in [0.05, 0.1) is 0 Å². The van der Waals surface area contributed by atoms with Crippen LogP contribution in [-0.2, 0) is 50.3 Å². The summed E-state index contributed by atoms with van der Waals surface area (Å²) in [5.74, 6) is 0. The van der Waals surface area contributed by atoms with Gasteiger partial charge < -0.3 is 45.6 Å². The van der Waals surface area contributed by atoms with Crippen LogP contribution in [0, 0.1) is 0 Å². The molecule has 0 aromatic rings. The van der Waals surface area contributed by atoms with Gasteiger partial charge in [-0.25, -0.2) is 0 Å². The summed E-state index contributed by atoms with van der Waals surface area (Å²) in [6.07, 6.45) is 5.12. The summed E-state index contributed by atoms with van der Waals surface area (Å²) < 4.78 is 0. The molecule has 12 heteroatoms. The number of nitrogens with zero attached hydrogens (tertiary/aromatic N) is 9. The van der Waals surface area contributed by atoms with E-state index in [2.05, 4.69) is 163 Å². The second-order valence-corrected chi connectivity index (χ2v) is 14.1. The van der Waals surface area contributed by atoms with E-state index in [9.17, 15) is 0 Å². The second kappa shape index (κ2) is 34.3. The van der Waals surface area contributed by atoms with E-state index < -0.39 is 0 Å². The third-order valence-corrected chi connectivity index (χ3v) is 6.48. The number of likely N-dealkylation sites (N-methyl/N-ethyl adjacent to an activating group) is 3. The van der Waals surface area contributed by atoms with Gasteiger partial charge in [-0.05, 0) is 95.0 Å². The fourth-order valence-corrected chi connectivity index (χ4v) is 3.61. The van der Waals surface area contributed by atoms with Crippen molar-refractivity contribution in [3.05, 3.63) is 16.0 Å². The molecule has 0 amide bonds. The van der Waals surface area contributed by atoms with Gasteiger partial charge in [-0.2, -0.15) is 0 Å². The number of hydrogen-bond acceptors (Lipinski definition) is 6. The SMILES string of the molecule is CCN(CC)C(C)C[N-]C=NC(C)(C)C.CCN(CC)CC(C)[N-]C=NC(C)(C)C.CCN(CC)CC[N-]C=NC(C)(C)C.[Co].[Co].[Co]. The van der Waals surface area contributed by atoms with Crippen LogP contribution >= 0.6 is 0 Å². The van der Waals surface area contributed by atoms with E-state index in [0.29, 0.717) is 12.1 Å². The minimum atomic E-state index is -0.0155. The molecule has 2 atom stereocenters. The normalized spacial score (nSPS) is 13.3. The van der Waals surface area contributed by atoms with Crippen molar-refractivity contribution in [3.8, 4) is 0 Å². The van der Waals surface area contributed by atoms with Crippen LogP contribution in [0.3, 0.4) is 0 Å². The molecular formula is C35H76Co3N9-3. The molecule has 0 fully saturated rings. The van der Waals surface area contributed by atoms with Gasteiger partial charge in [-0.3, -0.25) is 0 Å². The first kappa shape index (κ1) is 59.0. The Balaban J connectivity index is -0.000000130. The fourth-order valence-electron chi connectivity index (χ4n) is 3.61. The summed E-state index contributed by atoms with van der Waals surface area (Å²) in [5.41, 5.74) is -0.0287. The molecule has 0 rings (SSSR count). The molecule has 0 N–H and O–H groups in total. The molecule has 47 heavy (non-hydrogen) atoms. The Morgan fingerprint density at radius 2 is 0.936 bits per heavy atom. The Labute approximate surface area is 325 Å². The van der Waals surface area contributed by atoms with Gasteiger partial charge in [-0.15, -0.1) is 19.0 Å². The first-order valence-electron chi connectivity index (χ1n) is 17.1. The molecule has 0 aliphatic heterocycles. The zero-order chi connectivity index (χ0) is 34.8. The van der Waals surface area contributed by atoms with Crippen molar-refractivity contribution in [2.24, 2.45) is 15.0 Å². The van der Waals surface area contributed by atoms with E-state index in [4.69, 9.17) is 0 Å². The smallest absolute Gasteiger partial charge is 0.00597 e. The zero-order valence-corrected chi connectivity index (χ0v) is 36.6. The van der Waals surface area contributed by atoms with Crippen molar-refractivity contribution >= 4 is 19.0 Å². The monoisotopic (exact) mass is 799 g/mol. The van der Waals surface area contributed by atoms with E-state index in [1.165, 1.54) is 0 Å². The molecule has 0 spiro atoms. The molecule has 0 aliphatic rings. The Bertz CT molecular complexity index is 719. The zero-order valence-electron chi connectivity index (χ0n) is 33.5. The van der Waals surface area contributed by atoms with Crippen molar-refractivity contribution in [2.75, 3.05) is 65.4 Å². The Hall–Kier alpha value is -0.191. The summed E-state index contributed by atoms with van der Waals surface area (Å²) in [6.45, 7) is 46.4. The molecule has 9 nitrogen and oxygen atoms in total. The average molecular weight is 800 g/mol. The standard InChI is InChI=1S/2C12H26N3.C11H24N3.3Co/c1-7-15(8-2)9-11(3)13-10-14-12(4,5)6;1-7-15(8-2)11(3)9-13-10-14-12(4,5)6;1-6-14(7-2)9-8-12-10-13-11(3,4)5;;;/h2*10-11H,7-9H2,1-6H3;10H,6-9H2,1-5H3;;;/q3*-1;;;. The molecule has 3 radical (unpaired) electrons. The fraction of sp³-hybridized carbons (Fsp3) is 0.914. The molecule has 291 valence electrons. The van der Waals surface area contributed by atoms with Crippen LogP contribution in [-0.4, -0.2) is 128 Å². The summed E-state index contributed by atoms with van der Waals surface area (Å²) in [5, 5.41) is 13.0. The maximum atomic E-state index is 4.41. The van der Waals surface area contributed by atoms with Crippen LogP contribution in [0.5, 0.6) is 0 Å². The molecule has 0 aromatic heterocycles. The minimum absolute atomic E-state index is 0. The molecule has 0 saturated carbocycles. The number of aliphatic imine (C=N–C) groups is 3. The van der Waals surface area contributed by atoms with Crippen LogP contribution in [0.2, 0.25) is 0 Å². The predicted octanol–water partition coefficient (Wildman–Crippen LogP) is 8.36. The van der Waals surface area contributed by atoms with Gasteiger partial charge in [0.1, 0.15) is 0 Å². The maximum absolute atomic E-state index is 4.41. The van der Waals surface area contributed by atoms with Crippen molar-refractivity contribution in [1.82, 2.24) is 14.7 Å². The first-order valence-corrected chi connectivity index (χ1v) is 17.1. The minimum Gasteiger partial charge on any atom is -0.471 e. The van der Waals surface area contributed by atoms with Gasteiger partial charge in [0, 0.05) is 56.4 Å². The van der Waals surface area contributed by atoms with Crippen LogP contribution < -0.4 is 0 Å². The molecule has 0 bridgehead atoms. The summed E-state index contributed by atoms with van der Waals surface area (Å²) in [7, 11) is 0.